The summed E-state index contributed by atoms with van der Waals surface area (Å²) in [5.74, 6) is 4.60. The van der Waals surface area contributed by atoms with Gasteiger partial charge in [-0.2, -0.15) is 0 Å². The Hall–Kier alpha value is -1.01. The lowest BCUT2D eigenvalue weighted by molar-refractivity contribution is 0.509. The van der Waals surface area contributed by atoms with Crippen LogP contribution >= 0.6 is 27.5 Å². The third kappa shape index (κ3) is 3.55. The van der Waals surface area contributed by atoms with Crippen molar-refractivity contribution < 1.29 is 8.78 Å². The summed E-state index contributed by atoms with van der Waals surface area (Å²) in [5, 5.41) is 0.0563. The van der Waals surface area contributed by atoms with Crippen molar-refractivity contribution in [1.29, 1.82) is 0 Å². The first kappa shape index (κ1) is 15.4. The molecule has 0 fully saturated rings. The highest BCUT2D eigenvalue weighted by molar-refractivity contribution is 9.10. The molecule has 0 heterocycles. The van der Waals surface area contributed by atoms with Crippen LogP contribution in [-0.2, 0) is 6.42 Å². The van der Waals surface area contributed by atoms with Gasteiger partial charge in [-0.25, -0.2) is 8.78 Å². The summed E-state index contributed by atoms with van der Waals surface area (Å²) < 4.78 is 28.0. The topological polar surface area (TPSA) is 38.0 Å². The van der Waals surface area contributed by atoms with E-state index < -0.39 is 11.9 Å². The van der Waals surface area contributed by atoms with Crippen LogP contribution in [0.4, 0.5) is 8.78 Å². The normalized spacial score (nSPS) is 12.4. The van der Waals surface area contributed by atoms with E-state index in [1.54, 1.807) is 18.2 Å². The molecule has 0 spiro atoms. The molecule has 2 rings (SSSR count). The third-order valence-electron chi connectivity index (χ3n) is 2.96. The Labute approximate surface area is 129 Å². The van der Waals surface area contributed by atoms with Gasteiger partial charge >= 0.3 is 0 Å². The van der Waals surface area contributed by atoms with Crippen molar-refractivity contribution in [2.75, 3.05) is 0 Å². The summed E-state index contributed by atoms with van der Waals surface area (Å²) in [6.45, 7) is 0. The number of benzene rings is 2. The van der Waals surface area contributed by atoms with Crippen molar-refractivity contribution in [3.8, 4) is 0 Å². The molecule has 0 aliphatic heterocycles. The Morgan fingerprint density at radius 3 is 2.50 bits per heavy atom. The number of nitrogens with one attached hydrogen (secondary N) is 1. The molecule has 3 N–H and O–H groups in total. The van der Waals surface area contributed by atoms with E-state index in [-0.39, 0.29) is 10.8 Å². The lowest BCUT2D eigenvalue weighted by Crippen LogP contribution is -2.30. The highest BCUT2D eigenvalue weighted by Crippen LogP contribution is 2.25. The first-order chi connectivity index (χ1) is 9.51. The predicted molar refractivity (Wildman–Crippen MR) is 79.3 cm³/mol. The van der Waals surface area contributed by atoms with Gasteiger partial charge in [-0.15, -0.1) is 0 Å². The minimum absolute atomic E-state index is 0.0563. The van der Waals surface area contributed by atoms with Crippen LogP contribution in [0.1, 0.15) is 17.2 Å². The Morgan fingerprint density at radius 1 is 1.15 bits per heavy atom. The van der Waals surface area contributed by atoms with Gasteiger partial charge in [0.1, 0.15) is 11.6 Å². The van der Waals surface area contributed by atoms with Crippen LogP contribution in [0.2, 0.25) is 5.02 Å². The van der Waals surface area contributed by atoms with Crippen molar-refractivity contribution in [1.82, 2.24) is 5.43 Å². The zero-order valence-corrected chi connectivity index (χ0v) is 12.7. The molecule has 20 heavy (non-hydrogen) atoms. The van der Waals surface area contributed by atoms with Gasteiger partial charge in [0.25, 0.3) is 0 Å². The Balaban J connectivity index is 2.26. The second-order valence-electron chi connectivity index (χ2n) is 4.34. The monoisotopic (exact) mass is 360 g/mol. The molecule has 2 aromatic carbocycles. The molecule has 2 nitrogen and oxygen atoms in total. The van der Waals surface area contributed by atoms with E-state index in [0.29, 0.717) is 22.0 Å². The lowest BCUT2D eigenvalue weighted by Gasteiger charge is -2.17. The number of hydrogen-bond acceptors (Lipinski definition) is 2. The van der Waals surface area contributed by atoms with Gasteiger partial charge in [0.05, 0.1) is 11.1 Å². The van der Waals surface area contributed by atoms with Crippen LogP contribution in [-0.4, -0.2) is 0 Å². The van der Waals surface area contributed by atoms with Crippen LogP contribution in [0.25, 0.3) is 0 Å². The Kier molecular flexibility index (Phi) is 5.10. The molecule has 106 valence electrons. The smallest absolute Gasteiger partial charge is 0.142 e. The van der Waals surface area contributed by atoms with Crippen LogP contribution in [0.5, 0.6) is 0 Å². The Bertz CT molecular complexity index is 622. The third-order valence-corrected chi connectivity index (χ3v) is 3.76. The van der Waals surface area contributed by atoms with Gasteiger partial charge < -0.3 is 0 Å². The average molecular weight is 362 g/mol. The molecule has 0 saturated heterocycles. The van der Waals surface area contributed by atoms with Crippen molar-refractivity contribution in [3.63, 3.8) is 0 Å². The fourth-order valence-corrected chi connectivity index (χ4v) is 2.40. The van der Waals surface area contributed by atoms with E-state index in [1.807, 2.05) is 0 Å². The van der Waals surface area contributed by atoms with E-state index >= 15 is 0 Å². The largest absolute Gasteiger partial charge is 0.271 e. The molecule has 0 saturated carbocycles. The molecule has 1 unspecified atom stereocenters. The Morgan fingerprint density at radius 2 is 1.90 bits per heavy atom. The van der Waals surface area contributed by atoms with Crippen LogP contribution in [0.3, 0.4) is 0 Å². The number of halogens is 4. The molecule has 6 heteroatoms. The molecule has 2 aromatic rings. The van der Waals surface area contributed by atoms with Gasteiger partial charge in [-0.05, 0) is 36.2 Å². The first-order valence-electron chi connectivity index (χ1n) is 5.86. The molecule has 0 radical (unpaired) electrons. The quantitative estimate of drug-likeness (QED) is 0.635. The minimum atomic E-state index is -0.504. The van der Waals surface area contributed by atoms with Crippen LogP contribution < -0.4 is 11.3 Å². The van der Waals surface area contributed by atoms with Gasteiger partial charge in [-0.1, -0.05) is 39.7 Å². The summed E-state index contributed by atoms with van der Waals surface area (Å²) in [7, 11) is 0. The highest BCUT2D eigenvalue weighted by Gasteiger charge is 2.16. The van der Waals surface area contributed by atoms with Gasteiger partial charge in [0.2, 0.25) is 0 Å². The summed E-state index contributed by atoms with van der Waals surface area (Å²) in [5.41, 5.74) is 3.65. The molecule has 0 aliphatic rings. The standard InChI is InChI=1S/C14H12BrClF2N2/c15-9-2-3-10(12(17)7-9)14(20-19)6-8-1-4-11(16)13(18)5-8/h1-5,7,14,20H,6,19H2. The van der Waals surface area contributed by atoms with Crippen molar-refractivity contribution >= 4 is 27.5 Å². The summed E-state index contributed by atoms with van der Waals surface area (Å²) in [4.78, 5) is 0. The van der Waals surface area contributed by atoms with Gasteiger partial charge in [0, 0.05) is 10.0 Å². The average Bonchev–Trinajstić information content (AvgIpc) is 2.41. The summed E-state index contributed by atoms with van der Waals surface area (Å²) in [6, 6.07) is 8.75. The number of hydrazine groups is 1. The fourth-order valence-electron chi connectivity index (χ4n) is 1.95. The number of nitrogens with two attached hydrogens (primary N) is 1. The second-order valence-corrected chi connectivity index (χ2v) is 5.66. The first-order valence-corrected chi connectivity index (χ1v) is 7.03. The van der Waals surface area contributed by atoms with E-state index in [9.17, 15) is 8.78 Å². The summed E-state index contributed by atoms with van der Waals surface area (Å²) >= 11 is 8.83. The molecule has 0 aliphatic carbocycles. The highest BCUT2D eigenvalue weighted by atomic mass is 79.9. The van der Waals surface area contributed by atoms with E-state index in [1.165, 1.54) is 18.2 Å². The number of hydrogen-bond donors (Lipinski definition) is 2. The maximum absolute atomic E-state index is 13.9. The van der Waals surface area contributed by atoms with E-state index in [4.69, 9.17) is 17.4 Å². The van der Waals surface area contributed by atoms with Crippen molar-refractivity contribution in [3.05, 3.63) is 68.7 Å². The lowest BCUT2D eigenvalue weighted by atomic mass is 9.99. The maximum Gasteiger partial charge on any atom is 0.142 e. The van der Waals surface area contributed by atoms with Crippen molar-refractivity contribution in [2.45, 2.75) is 12.5 Å². The second kappa shape index (κ2) is 6.63. The minimum Gasteiger partial charge on any atom is -0.271 e. The zero-order valence-electron chi connectivity index (χ0n) is 10.3. The van der Waals surface area contributed by atoms with Crippen molar-refractivity contribution in [2.24, 2.45) is 5.84 Å². The fraction of sp³-hybridized carbons (Fsp3) is 0.143. The van der Waals surface area contributed by atoms with Crippen LogP contribution in [0.15, 0.2) is 40.9 Å². The summed E-state index contributed by atoms with van der Waals surface area (Å²) in [6.07, 6.45) is 0.350. The molecular formula is C14H12BrClF2N2. The molecule has 0 aromatic heterocycles. The SMILES string of the molecule is NNC(Cc1ccc(Cl)c(F)c1)c1ccc(Br)cc1F. The molecule has 0 amide bonds. The number of rotatable bonds is 4. The van der Waals surface area contributed by atoms with Gasteiger partial charge in [-0.3, -0.25) is 11.3 Å². The molecular weight excluding hydrogens is 350 g/mol. The molecule has 1 atom stereocenters. The predicted octanol–water partition coefficient (Wildman–Crippen LogP) is 4.13. The maximum atomic E-state index is 13.9. The van der Waals surface area contributed by atoms with Gasteiger partial charge in [0.15, 0.2) is 0 Å². The van der Waals surface area contributed by atoms with Crippen LogP contribution in [0, 0.1) is 11.6 Å². The van der Waals surface area contributed by atoms with E-state index in [2.05, 4.69) is 21.4 Å². The zero-order chi connectivity index (χ0) is 14.7. The van der Waals surface area contributed by atoms with E-state index in [0.717, 1.165) is 0 Å². The molecule has 0 bridgehead atoms.